The summed E-state index contributed by atoms with van der Waals surface area (Å²) in [7, 11) is 0. The van der Waals surface area contributed by atoms with E-state index in [1.807, 2.05) is 13.8 Å². The molecule has 0 radical (unpaired) electrons. The average Bonchev–Trinajstić information content (AvgIpc) is 2.74. The second-order valence-electron chi connectivity index (χ2n) is 10.0. The van der Waals surface area contributed by atoms with E-state index in [0.717, 1.165) is 6.42 Å². The topological polar surface area (TPSA) is 155 Å². The van der Waals surface area contributed by atoms with Gasteiger partial charge in [-0.1, -0.05) is 26.0 Å². The van der Waals surface area contributed by atoms with Crippen molar-refractivity contribution in [2.24, 2.45) is 23.5 Å². The predicted molar refractivity (Wildman–Crippen MR) is 122 cm³/mol. The molecule has 1 amide bonds. The lowest BCUT2D eigenvalue weighted by Gasteiger charge is -2.45. The van der Waals surface area contributed by atoms with Crippen LogP contribution in [0.2, 0.25) is 0 Å². The zero-order valence-corrected chi connectivity index (χ0v) is 19.5. The van der Waals surface area contributed by atoms with Crippen LogP contribution in [0.3, 0.4) is 0 Å². The molecule has 0 bridgehead atoms. The number of carbonyl (C=O) groups is 4. The van der Waals surface area contributed by atoms with E-state index in [1.165, 1.54) is 0 Å². The maximum atomic E-state index is 13.6. The van der Waals surface area contributed by atoms with E-state index >= 15 is 0 Å². The van der Waals surface area contributed by atoms with Gasteiger partial charge in [0.05, 0.1) is 0 Å². The van der Waals surface area contributed by atoms with Crippen molar-refractivity contribution in [1.82, 2.24) is 0 Å². The van der Waals surface area contributed by atoms with Crippen molar-refractivity contribution in [3.8, 4) is 0 Å². The highest BCUT2D eigenvalue weighted by molar-refractivity contribution is 6.24. The van der Waals surface area contributed by atoms with Gasteiger partial charge in [-0.2, -0.15) is 0 Å². The maximum Gasteiger partial charge on any atom is 0.255 e. The minimum Gasteiger partial charge on any atom is -0.511 e. The zero-order valence-electron chi connectivity index (χ0n) is 19.5. The Labute approximate surface area is 197 Å². The van der Waals surface area contributed by atoms with Gasteiger partial charge in [0.2, 0.25) is 5.78 Å². The predicted octanol–water partition coefficient (Wildman–Crippen LogP) is 2.80. The second kappa shape index (κ2) is 8.20. The number of rotatable bonds is 5. The number of aryl methyl sites for hydroxylation is 1. The molecule has 0 unspecified atom stereocenters. The highest BCUT2D eigenvalue weighted by Gasteiger charge is 2.59. The number of allylic oxidation sites excluding steroid dienone is 2. The number of hydrogen-bond acceptors (Lipinski definition) is 7. The van der Waals surface area contributed by atoms with Crippen molar-refractivity contribution in [2.45, 2.75) is 58.5 Å². The van der Waals surface area contributed by atoms with Gasteiger partial charge in [-0.3, -0.25) is 19.2 Å². The van der Waals surface area contributed by atoms with Gasteiger partial charge >= 0.3 is 0 Å². The first-order valence-corrected chi connectivity index (χ1v) is 11.5. The second-order valence-corrected chi connectivity index (χ2v) is 10.0. The van der Waals surface area contributed by atoms with Crippen LogP contribution in [0.4, 0.5) is 0 Å². The molecule has 0 saturated carbocycles. The van der Waals surface area contributed by atoms with Gasteiger partial charge in [0.25, 0.3) is 5.91 Å². The Bertz CT molecular complexity index is 1210. The number of amides is 1. The first-order valence-electron chi connectivity index (χ1n) is 11.5. The molecule has 4 rings (SSSR count). The SMILES string of the molecule is Cc1ccc(C(=O)CCC(C)C)c2c1C(=O)C1=C(O)[C@@]3(O)C(=O)C(C(N)=O)=C(O)C[C@H]3C[C@H]1C2. The standard InChI is InChI=1S/C26H29NO7/c1-11(2)4-7-17(28)15-6-5-12(3)19-16(15)9-13-8-14-10-18(29)21(25(27)33)24(32)26(14,34)23(31)20(13)22(19)30/h5-6,11,13-14,29,31,34H,4,7-10H2,1-3H3,(H2,27,33)/t13-,14+,26+/m0/s1. The summed E-state index contributed by atoms with van der Waals surface area (Å²) in [4.78, 5) is 51.3. The molecule has 1 aromatic carbocycles. The summed E-state index contributed by atoms with van der Waals surface area (Å²) in [5.74, 6) is -5.50. The van der Waals surface area contributed by atoms with Gasteiger partial charge in [-0.25, -0.2) is 0 Å². The molecule has 0 fully saturated rings. The smallest absolute Gasteiger partial charge is 0.255 e. The Morgan fingerprint density at radius 3 is 2.47 bits per heavy atom. The summed E-state index contributed by atoms with van der Waals surface area (Å²) < 4.78 is 0. The van der Waals surface area contributed by atoms with E-state index in [9.17, 15) is 34.5 Å². The molecule has 0 heterocycles. The summed E-state index contributed by atoms with van der Waals surface area (Å²) >= 11 is 0. The summed E-state index contributed by atoms with van der Waals surface area (Å²) in [6.45, 7) is 5.79. The lowest BCUT2D eigenvalue weighted by atomic mass is 9.60. The number of ketones is 3. The minimum atomic E-state index is -2.52. The molecule has 0 saturated heterocycles. The molecule has 0 spiro atoms. The van der Waals surface area contributed by atoms with Gasteiger partial charge < -0.3 is 21.1 Å². The van der Waals surface area contributed by atoms with Crippen LogP contribution in [0.25, 0.3) is 0 Å². The average molecular weight is 468 g/mol. The number of benzene rings is 1. The normalized spacial score (nSPS) is 26.4. The third-order valence-electron chi connectivity index (χ3n) is 7.42. The molecule has 3 aliphatic rings. The maximum absolute atomic E-state index is 13.6. The van der Waals surface area contributed by atoms with Crippen LogP contribution in [0, 0.1) is 24.7 Å². The Morgan fingerprint density at radius 1 is 1.18 bits per heavy atom. The van der Waals surface area contributed by atoms with Crippen molar-refractivity contribution >= 4 is 23.3 Å². The molecule has 8 nitrogen and oxygen atoms in total. The molecule has 3 atom stereocenters. The van der Waals surface area contributed by atoms with Crippen LogP contribution < -0.4 is 5.73 Å². The summed E-state index contributed by atoms with van der Waals surface area (Å²) in [5.41, 5.74) is 3.87. The van der Waals surface area contributed by atoms with Crippen molar-refractivity contribution in [2.75, 3.05) is 0 Å². The minimum absolute atomic E-state index is 0.0544. The first kappa shape index (κ1) is 23.9. The van der Waals surface area contributed by atoms with Gasteiger partial charge in [0, 0.05) is 35.5 Å². The zero-order chi connectivity index (χ0) is 25.1. The van der Waals surface area contributed by atoms with E-state index in [4.69, 9.17) is 5.73 Å². The number of aliphatic hydroxyl groups excluding tert-OH is 2. The van der Waals surface area contributed by atoms with Crippen LogP contribution in [-0.4, -0.2) is 44.2 Å². The van der Waals surface area contributed by atoms with E-state index < -0.39 is 52.0 Å². The molecule has 180 valence electrons. The number of Topliss-reactive ketones (excluding diaryl/α,β-unsaturated/α-hetero) is 3. The number of primary amides is 1. The Hall–Kier alpha value is -3.26. The molecule has 1 aromatic rings. The summed E-state index contributed by atoms with van der Waals surface area (Å²) in [6.07, 6.45) is 1.21. The van der Waals surface area contributed by atoms with Crippen LogP contribution in [0.15, 0.2) is 34.8 Å². The Balaban J connectivity index is 1.83. The van der Waals surface area contributed by atoms with Crippen molar-refractivity contribution in [3.05, 3.63) is 57.1 Å². The number of nitrogens with two attached hydrogens (primary N) is 1. The quantitative estimate of drug-likeness (QED) is 0.383. The van der Waals surface area contributed by atoms with Gasteiger partial charge in [-0.15, -0.1) is 0 Å². The van der Waals surface area contributed by atoms with E-state index in [-0.39, 0.29) is 30.6 Å². The lowest BCUT2D eigenvalue weighted by Crippen LogP contribution is -2.57. The molecule has 0 aromatic heterocycles. The molecule has 0 aliphatic heterocycles. The molecule has 34 heavy (non-hydrogen) atoms. The number of aliphatic hydroxyl groups is 3. The molecular formula is C26H29NO7. The molecule has 3 aliphatic carbocycles. The van der Waals surface area contributed by atoms with Crippen LogP contribution >= 0.6 is 0 Å². The molecular weight excluding hydrogens is 438 g/mol. The van der Waals surface area contributed by atoms with Gasteiger partial charge in [-0.05, 0) is 49.1 Å². The van der Waals surface area contributed by atoms with E-state index in [2.05, 4.69) is 0 Å². The largest absolute Gasteiger partial charge is 0.511 e. The lowest BCUT2D eigenvalue weighted by molar-refractivity contribution is -0.144. The number of carbonyl (C=O) groups excluding carboxylic acids is 4. The highest BCUT2D eigenvalue weighted by Crippen LogP contribution is 2.51. The fourth-order valence-electron chi connectivity index (χ4n) is 5.63. The number of fused-ring (bicyclic) bond motifs is 3. The van der Waals surface area contributed by atoms with Crippen LogP contribution in [-0.2, 0) is 16.0 Å². The van der Waals surface area contributed by atoms with Crippen molar-refractivity contribution in [3.63, 3.8) is 0 Å². The van der Waals surface area contributed by atoms with E-state index in [1.54, 1.807) is 19.1 Å². The fourth-order valence-corrected chi connectivity index (χ4v) is 5.63. The third kappa shape index (κ3) is 3.39. The highest BCUT2D eigenvalue weighted by atomic mass is 16.3. The Kier molecular flexibility index (Phi) is 5.76. The van der Waals surface area contributed by atoms with Gasteiger partial charge in [0.15, 0.2) is 17.2 Å². The third-order valence-corrected chi connectivity index (χ3v) is 7.42. The molecule has 8 heteroatoms. The van der Waals surface area contributed by atoms with Crippen molar-refractivity contribution in [1.29, 1.82) is 0 Å². The Morgan fingerprint density at radius 2 is 1.85 bits per heavy atom. The molecule has 5 N–H and O–H groups in total. The van der Waals surface area contributed by atoms with E-state index in [0.29, 0.717) is 34.6 Å². The summed E-state index contributed by atoms with van der Waals surface area (Å²) in [5, 5.41) is 32.6. The first-order chi connectivity index (χ1) is 15.9. The summed E-state index contributed by atoms with van der Waals surface area (Å²) in [6, 6.07) is 3.42. The number of hydrogen-bond donors (Lipinski definition) is 4. The fraction of sp³-hybridized carbons (Fsp3) is 0.462. The van der Waals surface area contributed by atoms with Gasteiger partial charge in [0.1, 0.15) is 17.1 Å². The van der Waals surface area contributed by atoms with Crippen LogP contribution in [0.1, 0.15) is 71.4 Å². The van der Waals surface area contributed by atoms with Crippen LogP contribution in [0.5, 0.6) is 0 Å². The monoisotopic (exact) mass is 467 g/mol. The van der Waals surface area contributed by atoms with Crippen molar-refractivity contribution < 1.29 is 34.5 Å².